The summed E-state index contributed by atoms with van der Waals surface area (Å²) in [7, 11) is 0. The number of hydrogen-bond acceptors (Lipinski definition) is 10. The molecule has 0 unspecified atom stereocenters. The predicted octanol–water partition coefficient (Wildman–Crippen LogP) is 6.11. The van der Waals surface area contributed by atoms with Crippen molar-refractivity contribution in [3.63, 3.8) is 0 Å². The summed E-state index contributed by atoms with van der Waals surface area (Å²) >= 11 is 0. The van der Waals surface area contributed by atoms with Crippen molar-refractivity contribution in [2.45, 2.75) is 180 Å². The number of piperidine rings is 1. The molecule has 1 fully saturated rings. The summed E-state index contributed by atoms with van der Waals surface area (Å²) in [5.74, 6) is -2.93. The van der Waals surface area contributed by atoms with Crippen molar-refractivity contribution in [1.82, 2.24) is 20.9 Å². The van der Waals surface area contributed by atoms with Gasteiger partial charge in [0, 0.05) is 77.4 Å². The topological polar surface area (TPSA) is 227 Å². The van der Waals surface area contributed by atoms with E-state index in [2.05, 4.69) is 16.0 Å². The number of amides is 4. The molecule has 1 aliphatic heterocycles. The summed E-state index contributed by atoms with van der Waals surface area (Å²) in [6.07, 6.45) is 22.0. The number of nitrogens with zero attached hydrogens (tertiary/aromatic N) is 1. The SMILES string of the molecule is CC(=O)CCC(=O)NCCCOCCOCCOCCCNC(=O)CC[C@H](NC(=O)C1CCN(C(=O)CCCCCCCCCCCCCCCCCCC(=O)O)CC1)C(=O)O. The monoisotopic (exact) mass is 883 g/mol. The van der Waals surface area contributed by atoms with Crippen molar-refractivity contribution in [2.24, 2.45) is 5.92 Å². The van der Waals surface area contributed by atoms with E-state index in [-0.39, 0.29) is 61.0 Å². The van der Waals surface area contributed by atoms with Gasteiger partial charge in [0.15, 0.2) is 0 Å². The summed E-state index contributed by atoms with van der Waals surface area (Å²) in [6, 6.07) is -1.17. The Labute approximate surface area is 371 Å². The molecule has 16 heteroatoms. The highest BCUT2D eigenvalue weighted by Gasteiger charge is 2.30. The summed E-state index contributed by atoms with van der Waals surface area (Å²) in [4.78, 5) is 84.7. The standard InChI is InChI=1S/C46H82N4O12/c1-38(51)22-24-41(52)47-28-18-32-60-34-36-62-37-35-61-33-19-29-48-42(53)25-23-40(46(58)59)49-45(57)39-26-30-50(31-27-39)43(54)20-16-14-12-10-8-6-4-2-3-5-7-9-11-13-15-17-21-44(55)56/h39-40H,2-37H2,1H3,(H,47,52)(H,48,53)(H,49,57)(H,55,56)(H,58,59)/t40-/m0/s1. The number of likely N-dealkylation sites (tertiary alicyclic amines) is 1. The molecule has 0 bridgehead atoms. The van der Waals surface area contributed by atoms with Crippen LogP contribution in [-0.4, -0.2) is 128 Å². The third kappa shape index (κ3) is 33.9. The first-order valence-electron chi connectivity index (χ1n) is 23.8. The van der Waals surface area contributed by atoms with Crippen LogP contribution in [0.4, 0.5) is 0 Å². The molecular formula is C46H82N4O12. The summed E-state index contributed by atoms with van der Waals surface area (Å²) in [6.45, 7) is 5.82. The number of hydrogen-bond donors (Lipinski definition) is 5. The van der Waals surface area contributed by atoms with Crippen molar-refractivity contribution >= 4 is 41.4 Å². The van der Waals surface area contributed by atoms with Crippen LogP contribution in [0.1, 0.15) is 174 Å². The van der Waals surface area contributed by atoms with E-state index < -0.39 is 18.0 Å². The molecule has 1 aliphatic rings. The van der Waals surface area contributed by atoms with Crippen LogP contribution in [-0.2, 0) is 47.8 Å². The molecule has 5 N–H and O–H groups in total. The van der Waals surface area contributed by atoms with Gasteiger partial charge in [0.1, 0.15) is 11.8 Å². The lowest BCUT2D eigenvalue weighted by molar-refractivity contribution is -0.143. The Kier molecular flexibility index (Phi) is 35.5. The van der Waals surface area contributed by atoms with Crippen LogP contribution in [0, 0.1) is 5.92 Å². The minimum absolute atomic E-state index is 0.00700. The smallest absolute Gasteiger partial charge is 0.326 e. The number of carboxylic acids is 2. The normalized spacial score (nSPS) is 13.4. The first kappa shape index (κ1) is 56.4. The first-order valence-corrected chi connectivity index (χ1v) is 23.8. The molecule has 0 aromatic heterocycles. The van der Waals surface area contributed by atoms with Gasteiger partial charge in [-0.3, -0.25) is 24.0 Å². The number of carbonyl (C=O) groups is 7. The van der Waals surface area contributed by atoms with Crippen LogP contribution >= 0.6 is 0 Å². The number of carbonyl (C=O) groups excluding carboxylic acids is 5. The Morgan fingerprint density at radius 1 is 0.532 bits per heavy atom. The predicted molar refractivity (Wildman–Crippen MR) is 236 cm³/mol. The Balaban J connectivity index is 1.99. The van der Waals surface area contributed by atoms with Crippen LogP contribution in [0.15, 0.2) is 0 Å². The highest BCUT2D eigenvalue weighted by molar-refractivity contribution is 5.86. The molecule has 62 heavy (non-hydrogen) atoms. The molecule has 1 atom stereocenters. The van der Waals surface area contributed by atoms with Gasteiger partial charge in [-0.2, -0.15) is 0 Å². The summed E-state index contributed by atoms with van der Waals surface area (Å²) < 4.78 is 16.4. The quantitative estimate of drug-likeness (QED) is 0.0438. The molecule has 0 spiro atoms. The van der Waals surface area contributed by atoms with E-state index in [0.29, 0.717) is 104 Å². The lowest BCUT2D eigenvalue weighted by Gasteiger charge is -2.32. The minimum atomic E-state index is -1.19. The fourth-order valence-electron chi connectivity index (χ4n) is 7.21. The number of rotatable bonds is 42. The summed E-state index contributed by atoms with van der Waals surface area (Å²) in [5.41, 5.74) is 0. The Morgan fingerprint density at radius 3 is 1.39 bits per heavy atom. The van der Waals surface area contributed by atoms with Gasteiger partial charge in [0.05, 0.1) is 26.4 Å². The van der Waals surface area contributed by atoms with Gasteiger partial charge < -0.3 is 50.1 Å². The third-order valence-corrected chi connectivity index (χ3v) is 11.0. The second kappa shape index (κ2) is 39.0. The van der Waals surface area contributed by atoms with E-state index in [1.165, 1.54) is 71.1 Å². The van der Waals surface area contributed by atoms with Gasteiger partial charge in [0.2, 0.25) is 23.6 Å². The fraction of sp³-hybridized carbons (Fsp3) is 0.848. The lowest BCUT2D eigenvalue weighted by atomic mass is 9.95. The largest absolute Gasteiger partial charge is 0.481 e. The number of unbranched alkanes of at least 4 members (excludes halogenated alkanes) is 15. The molecule has 0 aromatic carbocycles. The van der Waals surface area contributed by atoms with Crippen molar-refractivity contribution in [1.29, 1.82) is 0 Å². The maximum absolute atomic E-state index is 12.9. The Morgan fingerprint density at radius 2 is 0.952 bits per heavy atom. The molecule has 0 aliphatic carbocycles. The van der Waals surface area contributed by atoms with Gasteiger partial charge in [-0.1, -0.05) is 89.9 Å². The molecule has 1 rings (SSSR count). The number of aliphatic carboxylic acids is 2. The zero-order valence-corrected chi connectivity index (χ0v) is 38.0. The molecule has 0 aromatic rings. The average molecular weight is 883 g/mol. The number of nitrogens with one attached hydrogen (secondary N) is 3. The first-order chi connectivity index (χ1) is 30.0. The fourth-order valence-corrected chi connectivity index (χ4v) is 7.21. The molecule has 0 radical (unpaired) electrons. The molecular weight excluding hydrogens is 801 g/mol. The zero-order valence-electron chi connectivity index (χ0n) is 38.0. The van der Waals surface area contributed by atoms with Crippen LogP contribution in [0.5, 0.6) is 0 Å². The van der Waals surface area contributed by atoms with Crippen LogP contribution in [0.25, 0.3) is 0 Å². The van der Waals surface area contributed by atoms with Gasteiger partial charge in [-0.25, -0.2) is 4.79 Å². The van der Waals surface area contributed by atoms with Crippen molar-refractivity contribution in [3.05, 3.63) is 0 Å². The molecule has 16 nitrogen and oxygen atoms in total. The average Bonchev–Trinajstić information content (AvgIpc) is 3.24. The van der Waals surface area contributed by atoms with Gasteiger partial charge in [-0.15, -0.1) is 0 Å². The van der Waals surface area contributed by atoms with E-state index in [1.54, 1.807) is 0 Å². The third-order valence-electron chi connectivity index (χ3n) is 11.0. The van der Waals surface area contributed by atoms with Crippen LogP contribution in [0.3, 0.4) is 0 Å². The van der Waals surface area contributed by atoms with Crippen molar-refractivity contribution < 1.29 is 58.0 Å². The molecule has 1 heterocycles. The minimum Gasteiger partial charge on any atom is -0.481 e. The van der Waals surface area contributed by atoms with Gasteiger partial charge in [0.25, 0.3) is 0 Å². The number of Topliss-reactive ketones (excluding diaryl/α,β-unsaturated/α-hetero) is 1. The number of carboxylic acid groups (broad SMARTS) is 2. The molecule has 1 saturated heterocycles. The highest BCUT2D eigenvalue weighted by Crippen LogP contribution is 2.20. The van der Waals surface area contributed by atoms with E-state index in [1.807, 2.05) is 4.90 Å². The highest BCUT2D eigenvalue weighted by atomic mass is 16.5. The maximum atomic E-state index is 12.9. The van der Waals surface area contributed by atoms with Gasteiger partial charge >= 0.3 is 11.9 Å². The second-order valence-corrected chi connectivity index (χ2v) is 16.6. The second-order valence-electron chi connectivity index (χ2n) is 16.6. The van der Waals surface area contributed by atoms with Gasteiger partial charge in [-0.05, 0) is 51.9 Å². The molecule has 358 valence electrons. The van der Waals surface area contributed by atoms with E-state index >= 15 is 0 Å². The summed E-state index contributed by atoms with van der Waals surface area (Å²) in [5, 5.41) is 26.5. The van der Waals surface area contributed by atoms with Crippen LogP contribution < -0.4 is 16.0 Å². The van der Waals surface area contributed by atoms with E-state index in [4.69, 9.17) is 19.3 Å². The van der Waals surface area contributed by atoms with Crippen LogP contribution in [0.2, 0.25) is 0 Å². The molecule has 0 saturated carbocycles. The Hall–Kier alpha value is -3.63. The van der Waals surface area contributed by atoms with E-state index in [9.17, 15) is 38.7 Å². The maximum Gasteiger partial charge on any atom is 0.326 e. The lowest BCUT2D eigenvalue weighted by Crippen LogP contribution is -2.47. The van der Waals surface area contributed by atoms with E-state index in [0.717, 1.165) is 38.5 Å². The zero-order chi connectivity index (χ0) is 45.5. The number of ketones is 1. The van der Waals surface area contributed by atoms with Crippen molar-refractivity contribution in [2.75, 3.05) is 65.8 Å². The number of ether oxygens (including phenoxy) is 3. The van der Waals surface area contributed by atoms with Crippen molar-refractivity contribution in [3.8, 4) is 0 Å². The Bertz CT molecular complexity index is 1240. The molecule has 4 amide bonds.